The summed E-state index contributed by atoms with van der Waals surface area (Å²) < 4.78 is 19.5. The lowest BCUT2D eigenvalue weighted by molar-refractivity contribution is -0.113. The van der Waals surface area contributed by atoms with E-state index >= 15 is 0 Å². The Morgan fingerprint density at radius 1 is 1.29 bits per heavy atom. The number of anilines is 3. The molecule has 2 aromatic carbocycles. The Morgan fingerprint density at radius 3 is 2.82 bits per heavy atom. The van der Waals surface area contributed by atoms with Gasteiger partial charge in [-0.3, -0.25) is 4.79 Å². The average molecular weight is 439 g/mol. The number of nitrogens with one attached hydrogen (secondary N) is 2. The highest BCUT2D eigenvalue weighted by molar-refractivity contribution is 8.01. The highest BCUT2D eigenvalue weighted by Gasteiger charge is 2.13. The molecular weight excluding hydrogens is 423 g/mol. The molecule has 0 unspecified atom stereocenters. The van der Waals surface area contributed by atoms with Crippen molar-refractivity contribution in [2.24, 2.45) is 0 Å². The van der Waals surface area contributed by atoms with Crippen LogP contribution in [0.15, 0.2) is 40.7 Å². The van der Waals surface area contributed by atoms with E-state index in [-0.39, 0.29) is 17.5 Å². The summed E-state index contributed by atoms with van der Waals surface area (Å²) in [5.74, 6) is 0.0302. The van der Waals surface area contributed by atoms with Gasteiger partial charge in [0.2, 0.25) is 11.0 Å². The van der Waals surface area contributed by atoms with E-state index < -0.39 is 0 Å². The molecule has 0 saturated carbocycles. The number of benzene rings is 2. The van der Waals surface area contributed by atoms with Crippen LogP contribution in [-0.2, 0) is 4.79 Å². The van der Waals surface area contributed by atoms with Gasteiger partial charge >= 0.3 is 0 Å². The molecule has 10 heteroatoms. The summed E-state index contributed by atoms with van der Waals surface area (Å²) in [6.07, 6.45) is 0. The number of aromatic nitrogens is 2. The number of thioether (sulfide) groups is 1. The Hall–Kier alpha value is -2.36. The van der Waals surface area contributed by atoms with Gasteiger partial charge in [-0.15, -0.1) is 10.2 Å². The monoisotopic (exact) mass is 438 g/mol. The van der Waals surface area contributed by atoms with Crippen molar-refractivity contribution in [3.63, 3.8) is 0 Å². The van der Waals surface area contributed by atoms with Crippen molar-refractivity contribution >= 4 is 57.1 Å². The molecule has 0 aliphatic heterocycles. The quantitative estimate of drug-likeness (QED) is 0.498. The minimum atomic E-state index is -0.376. The van der Waals surface area contributed by atoms with E-state index in [4.69, 9.17) is 16.3 Å². The van der Waals surface area contributed by atoms with E-state index in [1.54, 1.807) is 30.3 Å². The van der Waals surface area contributed by atoms with Crippen molar-refractivity contribution in [2.45, 2.75) is 11.3 Å². The fourth-order valence-corrected chi connectivity index (χ4v) is 3.96. The number of nitrogens with zero attached hydrogens (tertiary/aromatic N) is 2. The second-order valence-corrected chi connectivity index (χ2v) is 8.22. The molecule has 3 rings (SSSR count). The van der Waals surface area contributed by atoms with Crippen LogP contribution in [-0.4, -0.2) is 29.0 Å². The molecule has 1 amide bonds. The number of ether oxygens (including phenoxy) is 1. The molecular formula is C18H16ClFN4O2S2. The van der Waals surface area contributed by atoms with Crippen LogP contribution in [0.3, 0.4) is 0 Å². The standard InChI is InChI=1S/C18H16ClFN4O2S2/c1-10-7-14(15(26-2)8-11(10)19)21-16(25)9-27-18-24-23-17(28-18)22-13-6-4-3-5-12(13)20/h3-8H,9H2,1-2H3,(H,21,25)(H,22,23). The molecule has 0 aliphatic rings. The largest absolute Gasteiger partial charge is 0.495 e. The summed E-state index contributed by atoms with van der Waals surface area (Å²) >= 11 is 8.55. The van der Waals surface area contributed by atoms with Crippen LogP contribution >= 0.6 is 34.7 Å². The van der Waals surface area contributed by atoms with E-state index in [2.05, 4.69) is 20.8 Å². The first-order valence-corrected chi connectivity index (χ1v) is 10.3. The molecule has 3 aromatic rings. The Morgan fingerprint density at radius 2 is 2.07 bits per heavy atom. The molecule has 0 fully saturated rings. The number of carbonyl (C=O) groups excluding carboxylic acids is 1. The second kappa shape index (κ2) is 9.22. The maximum absolute atomic E-state index is 13.7. The summed E-state index contributed by atoms with van der Waals surface area (Å²) in [6, 6.07) is 9.71. The number of para-hydroxylation sites is 1. The van der Waals surface area contributed by atoms with Gasteiger partial charge in [0.15, 0.2) is 4.34 Å². The van der Waals surface area contributed by atoms with E-state index in [9.17, 15) is 9.18 Å². The van der Waals surface area contributed by atoms with Gasteiger partial charge in [0.1, 0.15) is 11.6 Å². The van der Waals surface area contributed by atoms with Gasteiger partial charge in [-0.05, 0) is 30.7 Å². The van der Waals surface area contributed by atoms with Gasteiger partial charge in [-0.1, -0.05) is 46.8 Å². The third-order valence-corrected chi connectivity index (χ3v) is 5.98. The van der Waals surface area contributed by atoms with E-state index in [1.165, 1.54) is 36.3 Å². The fraction of sp³-hybridized carbons (Fsp3) is 0.167. The van der Waals surface area contributed by atoms with E-state index in [0.717, 1.165) is 5.56 Å². The molecule has 0 saturated heterocycles. The predicted octanol–water partition coefficient (Wildman–Crippen LogP) is 5.12. The van der Waals surface area contributed by atoms with Crippen LogP contribution in [0.4, 0.5) is 20.9 Å². The molecule has 146 valence electrons. The zero-order valence-electron chi connectivity index (χ0n) is 15.0. The van der Waals surface area contributed by atoms with Crippen molar-refractivity contribution in [2.75, 3.05) is 23.5 Å². The lowest BCUT2D eigenvalue weighted by atomic mass is 10.2. The van der Waals surface area contributed by atoms with Crippen LogP contribution < -0.4 is 15.4 Å². The smallest absolute Gasteiger partial charge is 0.234 e. The lowest BCUT2D eigenvalue weighted by Gasteiger charge is -2.11. The highest BCUT2D eigenvalue weighted by Crippen LogP contribution is 2.32. The van der Waals surface area contributed by atoms with Crippen molar-refractivity contribution in [1.29, 1.82) is 0 Å². The zero-order chi connectivity index (χ0) is 20.1. The van der Waals surface area contributed by atoms with Crippen LogP contribution in [0.2, 0.25) is 5.02 Å². The van der Waals surface area contributed by atoms with Gasteiger partial charge in [-0.25, -0.2) is 4.39 Å². The highest BCUT2D eigenvalue weighted by atomic mass is 35.5. The first-order chi connectivity index (χ1) is 13.5. The maximum atomic E-state index is 13.7. The Bertz CT molecular complexity index is 999. The predicted molar refractivity (Wildman–Crippen MR) is 112 cm³/mol. The summed E-state index contributed by atoms with van der Waals surface area (Å²) in [4.78, 5) is 12.3. The number of halogens is 2. The van der Waals surface area contributed by atoms with Crippen molar-refractivity contribution in [3.05, 3.63) is 52.8 Å². The van der Waals surface area contributed by atoms with Crippen LogP contribution in [0.5, 0.6) is 5.75 Å². The Balaban J connectivity index is 1.58. The minimum absolute atomic E-state index is 0.138. The summed E-state index contributed by atoms with van der Waals surface area (Å²) in [5.41, 5.74) is 1.70. The summed E-state index contributed by atoms with van der Waals surface area (Å²) in [7, 11) is 1.51. The molecule has 6 nitrogen and oxygen atoms in total. The summed E-state index contributed by atoms with van der Waals surface area (Å²) in [5, 5.41) is 14.7. The molecule has 1 heterocycles. The lowest BCUT2D eigenvalue weighted by Crippen LogP contribution is -2.14. The van der Waals surface area contributed by atoms with E-state index in [1.807, 2.05) is 6.92 Å². The number of amides is 1. The average Bonchev–Trinajstić information content (AvgIpc) is 3.12. The number of hydrogen-bond donors (Lipinski definition) is 2. The van der Waals surface area contributed by atoms with Gasteiger partial charge < -0.3 is 15.4 Å². The Labute approximate surface area is 174 Å². The van der Waals surface area contributed by atoms with Gasteiger partial charge in [0.05, 0.1) is 24.2 Å². The first-order valence-electron chi connectivity index (χ1n) is 8.08. The van der Waals surface area contributed by atoms with Gasteiger partial charge in [0.25, 0.3) is 0 Å². The van der Waals surface area contributed by atoms with Crippen molar-refractivity contribution in [3.8, 4) is 5.75 Å². The molecule has 0 spiro atoms. The summed E-state index contributed by atoms with van der Waals surface area (Å²) in [6.45, 7) is 1.84. The second-order valence-electron chi connectivity index (χ2n) is 5.62. The molecule has 1 aromatic heterocycles. The number of aryl methyl sites for hydroxylation is 1. The normalized spacial score (nSPS) is 10.6. The zero-order valence-corrected chi connectivity index (χ0v) is 17.3. The van der Waals surface area contributed by atoms with Crippen molar-refractivity contribution in [1.82, 2.24) is 10.2 Å². The molecule has 0 aliphatic carbocycles. The third-order valence-electron chi connectivity index (χ3n) is 3.60. The number of rotatable bonds is 7. The van der Waals surface area contributed by atoms with Crippen molar-refractivity contribution < 1.29 is 13.9 Å². The number of methoxy groups -OCH3 is 1. The first kappa shape index (κ1) is 20.4. The topological polar surface area (TPSA) is 76.1 Å². The SMILES string of the molecule is COc1cc(Cl)c(C)cc1NC(=O)CSc1nnc(Nc2ccccc2F)s1. The fourth-order valence-electron chi connectivity index (χ4n) is 2.24. The third kappa shape index (κ3) is 5.12. The minimum Gasteiger partial charge on any atom is -0.495 e. The van der Waals surface area contributed by atoms with Crippen LogP contribution in [0.25, 0.3) is 0 Å². The molecule has 0 atom stereocenters. The van der Waals surface area contributed by atoms with Gasteiger partial charge in [0, 0.05) is 11.1 Å². The number of hydrogen-bond acceptors (Lipinski definition) is 7. The van der Waals surface area contributed by atoms with Gasteiger partial charge in [-0.2, -0.15) is 0 Å². The molecule has 0 bridgehead atoms. The van der Waals surface area contributed by atoms with Crippen LogP contribution in [0, 0.1) is 12.7 Å². The number of carbonyl (C=O) groups is 1. The maximum Gasteiger partial charge on any atom is 0.234 e. The molecule has 28 heavy (non-hydrogen) atoms. The molecule has 2 N–H and O–H groups in total. The van der Waals surface area contributed by atoms with E-state index in [0.29, 0.717) is 31.6 Å². The molecule has 0 radical (unpaired) electrons. The Kier molecular flexibility index (Phi) is 6.71. The van der Waals surface area contributed by atoms with Crippen LogP contribution in [0.1, 0.15) is 5.56 Å².